The molecule has 0 bridgehead atoms. The first-order chi connectivity index (χ1) is 8.54. The predicted octanol–water partition coefficient (Wildman–Crippen LogP) is 1.14. The summed E-state index contributed by atoms with van der Waals surface area (Å²) in [7, 11) is -3.35. The molecule has 6 heteroatoms. The summed E-state index contributed by atoms with van der Waals surface area (Å²) in [5.41, 5.74) is 6.50. The molecule has 0 spiro atoms. The van der Waals surface area contributed by atoms with Gasteiger partial charge in [0.25, 0.3) is 0 Å². The van der Waals surface area contributed by atoms with Crippen LogP contribution in [-0.4, -0.2) is 29.9 Å². The molecule has 0 atom stereocenters. The Labute approximate surface area is 109 Å². The number of rotatable bonds is 6. The SMILES string of the molecule is CCN(C1CC1)S(=O)(=O)c1cc(CN)n(CC)c1. The molecule has 0 aromatic carbocycles. The highest BCUT2D eigenvalue weighted by Crippen LogP contribution is 2.32. The molecule has 1 fully saturated rings. The fourth-order valence-corrected chi connectivity index (χ4v) is 4.01. The Bertz CT molecular complexity index is 496. The van der Waals surface area contributed by atoms with Crippen LogP contribution in [-0.2, 0) is 23.1 Å². The highest BCUT2D eigenvalue weighted by atomic mass is 32.2. The monoisotopic (exact) mass is 271 g/mol. The summed E-state index contributed by atoms with van der Waals surface area (Å²) in [4.78, 5) is 0.374. The van der Waals surface area contributed by atoms with Crippen molar-refractivity contribution in [2.45, 2.75) is 50.7 Å². The van der Waals surface area contributed by atoms with E-state index in [4.69, 9.17) is 5.73 Å². The molecule has 1 aliphatic carbocycles. The van der Waals surface area contributed by atoms with Crippen molar-refractivity contribution >= 4 is 10.0 Å². The molecule has 5 nitrogen and oxygen atoms in total. The van der Waals surface area contributed by atoms with Gasteiger partial charge in [0.05, 0.1) is 0 Å². The van der Waals surface area contributed by atoms with Crippen molar-refractivity contribution < 1.29 is 8.42 Å². The largest absolute Gasteiger partial charge is 0.349 e. The Morgan fingerprint density at radius 3 is 2.50 bits per heavy atom. The molecule has 2 N–H and O–H groups in total. The van der Waals surface area contributed by atoms with Gasteiger partial charge in [-0.05, 0) is 25.8 Å². The van der Waals surface area contributed by atoms with Gasteiger partial charge in [0.1, 0.15) is 4.90 Å². The van der Waals surface area contributed by atoms with Crippen molar-refractivity contribution in [2.75, 3.05) is 6.54 Å². The highest BCUT2D eigenvalue weighted by molar-refractivity contribution is 7.89. The van der Waals surface area contributed by atoms with Gasteiger partial charge in [0, 0.05) is 37.6 Å². The standard InChI is InChI=1S/C12H21N3O2S/c1-3-14-9-12(7-11(14)8-13)18(16,17)15(4-2)10-5-6-10/h7,9-10H,3-6,8,13H2,1-2H3. The number of sulfonamides is 1. The minimum atomic E-state index is -3.35. The molecule has 18 heavy (non-hydrogen) atoms. The van der Waals surface area contributed by atoms with E-state index >= 15 is 0 Å². The van der Waals surface area contributed by atoms with Crippen LogP contribution in [0.2, 0.25) is 0 Å². The van der Waals surface area contributed by atoms with Crippen LogP contribution in [0.1, 0.15) is 32.4 Å². The lowest BCUT2D eigenvalue weighted by molar-refractivity contribution is 0.421. The van der Waals surface area contributed by atoms with Gasteiger partial charge >= 0.3 is 0 Å². The Balaban J connectivity index is 2.36. The average Bonchev–Trinajstić information content (AvgIpc) is 3.07. The second kappa shape index (κ2) is 5.03. The minimum absolute atomic E-state index is 0.200. The van der Waals surface area contributed by atoms with E-state index < -0.39 is 10.0 Å². The Morgan fingerprint density at radius 2 is 2.11 bits per heavy atom. The number of aromatic nitrogens is 1. The molecule has 2 rings (SSSR count). The van der Waals surface area contributed by atoms with Crippen LogP contribution in [0.25, 0.3) is 0 Å². The molecule has 102 valence electrons. The zero-order valence-electron chi connectivity index (χ0n) is 11.0. The van der Waals surface area contributed by atoms with Gasteiger partial charge in [-0.25, -0.2) is 8.42 Å². The smallest absolute Gasteiger partial charge is 0.244 e. The first-order valence-electron chi connectivity index (χ1n) is 6.45. The third kappa shape index (κ3) is 2.32. The zero-order chi connectivity index (χ0) is 13.3. The number of hydrogen-bond acceptors (Lipinski definition) is 3. The quantitative estimate of drug-likeness (QED) is 0.843. The van der Waals surface area contributed by atoms with Gasteiger partial charge in [-0.3, -0.25) is 0 Å². The van der Waals surface area contributed by atoms with E-state index in [-0.39, 0.29) is 6.04 Å². The maximum absolute atomic E-state index is 12.5. The predicted molar refractivity (Wildman–Crippen MR) is 70.6 cm³/mol. The number of nitrogens with zero attached hydrogens (tertiary/aromatic N) is 2. The van der Waals surface area contributed by atoms with Gasteiger partial charge in [-0.1, -0.05) is 6.92 Å². The van der Waals surface area contributed by atoms with Crippen LogP contribution in [0.3, 0.4) is 0 Å². The van der Waals surface area contributed by atoms with Crippen molar-refractivity contribution in [2.24, 2.45) is 5.73 Å². The third-order valence-electron chi connectivity index (χ3n) is 3.38. The topological polar surface area (TPSA) is 68.3 Å². The minimum Gasteiger partial charge on any atom is -0.349 e. The highest BCUT2D eigenvalue weighted by Gasteiger charge is 2.37. The maximum Gasteiger partial charge on any atom is 0.244 e. The molecule has 1 saturated carbocycles. The van der Waals surface area contributed by atoms with Gasteiger partial charge in [0.15, 0.2) is 0 Å². The summed E-state index contributed by atoms with van der Waals surface area (Å²) >= 11 is 0. The van der Waals surface area contributed by atoms with E-state index in [1.807, 2.05) is 18.4 Å². The number of aryl methyl sites for hydroxylation is 1. The molecule has 1 aromatic heterocycles. The van der Waals surface area contributed by atoms with Gasteiger partial charge in [0.2, 0.25) is 10.0 Å². The first-order valence-corrected chi connectivity index (χ1v) is 7.89. The average molecular weight is 271 g/mol. The third-order valence-corrected chi connectivity index (χ3v) is 5.38. The van der Waals surface area contributed by atoms with Crippen molar-refractivity contribution in [3.05, 3.63) is 18.0 Å². The lowest BCUT2D eigenvalue weighted by atomic mass is 10.4. The Kier molecular flexibility index (Phi) is 3.79. The maximum atomic E-state index is 12.5. The van der Waals surface area contributed by atoms with Crippen LogP contribution in [0.4, 0.5) is 0 Å². The molecular formula is C12H21N3O2S. The lowest BCUT2D eigenvalue weighted by Gasteiger charge is -2.18. The molecule has 0 saturated heterocycles. The molecule has 1 heterocycles. The van der Waals surface area contributed by atoms with Crippen LogP contribution >= 0.6 is 0 Å². The fourth-order valence-electron chi connectivity index (χ4n) is 2.25. The molecule has 1 aliphatic rings. The number of hydrogen-bond donors (Lipinski definition) is 1. The molecular weight excluding hydrogens is 250 g/mol. The van der Waals surface area contributed by atoms with E-state index in [1.54, 1.807) is 16.6 Å². The molecule has 0 radical (unpaired) electrons. The van der Waals surface area contributed by atoms with E-state index in [9.17, 15) is 8.42 Å². The van der Waals surface area contributed by atoms with Gasteiger partial charge in [-0.2, -0.15) is 4.31 Å². The van der Waals surface area contributed by atoms with Crippen molar-refractivity contribution in [3.8, 4) is 0 Å². The second-order valence-corrected chi connectivity index (χ2v) is 6.49. The van der Waals surface area contributed by atoms with E-state index in [0.717, 1.165) is 25.1 Å². The Hall–Kier alpha value is -0.850. The fraction of sp³-hybridized carbons (Fsp3) is 0.667. The summed E-state index contributed by atoms with van der Waals surface area (Å²) in [6.45, 7) is 5.49. The molecule has 1 aromatic rings. The van der Waals surface area contributed by atoms with Crippen LogP contribution in [0, 0.1) is 0 Å². The van der Waals surface area contributed by atoms with Crippen molar-refractivity contribution in [1.29, 1.82) is 0 Å². The summed E-state index contributed by atoms with van der Waals surface area (Å²) in [5.74, 6) is 0. The molecule has 0 unspecified atom stereocenters. The first kappa shape index (κ1) is 13.6. The summed E-state index contributed by atoms with van der Waals surface area (Å²) in [5, 5.41) is 0. The zero-order valence-corrected chi connectivity index (χ0v) is 11.8. The van der Waals surface area contributed by atoms with Crippen molar-refractivity contribution in [1.82, 2.24) is 8.87 Å². The summed E-state index contributed by atoms with van der Waals surface area (Å²) in [6, 6.07) is 1.90. The van der Waals surface area contributed by atoms with E-state index in [0.29, 0.717) is 18.0 Å². The summed E-state index contributed by atoms with van der Waals surface area (Å²) < 4.78 is 28.5. The van der Waals surface area contributed by atoms with Gasteiger partial charge < -0.3 is 10.3 Å². The van der Waals surface area contributed by atoms with Crippen LogP contribution in [0.15, 0.2) is 17.2 Å². The van der Waals surface area contributed by atoms with Crippen LogP contribution in [0.5, 0.6) is 0 Å². The van der Waals surface area contributed by atoms with E-state index in [2.05, 4.69) is 0 Å². The second-order valence-electron chi connectivity index (χ2n) is 4.60. The Morgan fingerprint density at radius 1 is 1.44 bits per heavy atom. The molecule has 0 aliphatic heterocycles. The van der Waals surface area contributed by atoms with Crippen molar-refractivity contribution in [3.63, 3.8) is 0 Å². The summed E-state index contributed by atoms with van der Waals surface area (Å²) in [6.07, 6.45) is 3.65. The van der Waals surface area contributed by atoms with Crippen LogP contribution < -0.4 is 5.73 Å². The molecule has 0 amide bonds. The number of nitrogens with two attached hydrogens (primary N) is 1. The lowest BCUT2D eigenvalue weighted by Crippen LogP contribution is -2.32. The normalized spacial score (nSPS) is 16.4. The van der Waals surface area contributed by atoms with E-state index in [1.165, 1.54) is 0 Å². The van der Waals surface area contributed by atoms with Gasteiger partial charge in [-0.15, -0.1) is 0 Å².